The normalized spacial score (nSPS) is 15.4. The van der Waals surface area contributed by atoms with Gasteiger partial charge in [-0.2, -0.15) is 0 Å². The van der Waals surface area contributed by atoms with Crippen molar-refractivity contribution >= 4 is 17.5 Å². The summed E-state index contributed by atoms with van der Waals surface area (Å²) in [5, 5.41) is 5.75. The minimum absolute atomic E-state index is 0.144. The minimum atomic E-state index is -0.483. The minimum Gasteiger partial charge on any atom is -0.493 e. The highest BCUT2D eigenvalue weighted by Crippen LogP contribution is 2.32. The lowest BCUT2D eigenvalue weighted by molar-refractivity contribution is -0.126. The maximum Gasteiger partial charge on any atom is 0.228 e. The van der Waals surface area contributed by atoms with Crippen molar-refractivity contribution in [3.8, 4) is 11.5 Å². The first-order chi connectivity index (χ1) is 13.6. The second-order valence-corrected chi connectivity index (χ2v) is 6.80. The number of amides is 2. The molecule has 28 heavy (non-hydrogen) atoms. The predicted molar refractivity (Wildman–Crippen MR) is 108 cm³/mol. The first-order valence-corrected chi connectivity index (χ1v) is 9.58. The van der Waals surface area contributed by atoms with Gasteiger partial charge in [-0.1, -0.05) is 37.6 Å². The Morgan fingerprint density at radius 2 is 2.04 bits per heavy atom. The highest BCUT2D eigenvalue weighted by molar-refractivity contribution is 6.01. The molecule has 1 heterocycles. The number of carbonyl (C=O) groups is 2. The molecule has 0 aliphatic carbocycles. The molecule has 0 spiro atoms. The fourth-order valence-electron chi connectivity index (χ4n) is 3.23. The van der Waals surface area contributed by atoms with Gasteiger partial charge in [0.05, 0.1) is 19.6 Å². The predicted octanol–water partition coefficient (Wildman–Crippen LogP) is 3.62. The number of hydrogen-bond donors (Lipinski definition) is 2. The highest BCUT2D eigenvalue weighted by Gasteiger charge is 2.30. The number of ether oxygens (including phenoxy) is 2. The molecule has 148 valence electrons. The van der Waals surface area contributed by atoms with Gasteiger partial charge in [0.25, 0.3) is 0 Å². The number of carbonyl (C=O) groups excluding carboxylic acids is 2. The molecule has 3 rings (SSSR count). The number of unbranched alkanes of at least 4 members (excludes halogenated alkanes) is 1. The lowest BCUT2D eigenvalue weighted by atomic mass is 9.90. The van der Waals surface area contributed by atoms with Gasteiger partial charge in [-0.25, -0.2) is 0 Å². The van der Waals surface area contributed by atoms with Crippen LogP contribution in [0.1, 0.15) is 43.2 Å². The fourth-order valence-corrected chi connectivity index (χ4v) is 3.23. The molecule has 0 saturated carbocycles. The van der Waals surface area contributed by atoms with Gasteiger partial charge in [-0.05, 0) is 35.7 Å². The third-order valence-electron chi connectivity index (χ3n) is 4.77. The van der Waals surface area contributed by atoms with Crippen molar-refractivity contribution in [1.29, 1.82) is 0 Å². The van der Waals surface area contributed by atoms with Gasteiger partial charge in [-0.15, -0.1) is 0 Å². The average molecular weight is 382 g/mol. The van der Waals surface area contributed by atoms with E-state index in [9.17, 15) is 9.59 Å². The highest BCUT2D eigenvalue weighted by atomic mass is 16.5. The number of hydrogen-bond acceptors (Lipinski definition) is 4. The van der Waals surface area contributed by atoms with E-state index in [0.29, 0.717) is 30.3 Å². The van der Waals surface area contributed by atoms with Gasteiger partial charge in [0.1, 0.15) is 0 Å². The zero-order valence-corrected chi connectivity index (χ0v) is 16.3. The number of nitrogens with one attached hydrogen (secondary N) is 2. The molecule has 1 atom stereocenters. The van der Waals surface area contributed by atoms with E-state index >= 15 is 0 Å². The van der Waals surface area contributed by atoms with Gasteiger partial charge in [0, 0.05) is 18.7 Å². The summed E-state index contributed by atoms with van der Waals surface area (Å²) in [4.78, 5) is 24.7. The molecule has 2 N–H and O–H groups in total. The third-order valence-corrected chi connectivity index (χ3v) is 4.77. The van der Waals surface area contributed by atoms with Crippen molar-refractivity contribution in [3.05, 3.63) is 53.6 Å². The van der Waals surface area contributed by atoms with E-state index in [1.807, 2.05) is 42.5 Å². The molecule has 0 aromatic heterocycles. The van der Waals surface area contributed by atoms with E-state index in [4.69, 9.17) is 9.47 Å². The monoisotopic (exact) mass is 382 g/mol. The Bertz CT molecular complexity index is 850. The zero-order chi connectivity index (χ0) is 19.9. The van der Waals surface area contributed by atoms with Crippen LogP contribution in [0, 0.1) is 0 Å². The molecule has 0 bridgehead atoms. The van der Waals surface area contributed by atoms with Crippen molar-refractivity contribution in [2.24, 2.45) is 0 Å². The van der Waals surface area contributed by atoms with Crippen molar-refractivity contribution in [1.82, 2.24) is 5.32 Å². The number of fused-ring (bicyclic) bond motifs is 1. The molecule has 6 nitrogen and oxygen atoms in total. The van der Waals surface area contributed by atoms with Crippen LogP contribution in [0.5, 0.6) is 11.5 Å². The van der Waals surface area contributed by atoms with E-state index in [0.717, 1.165) is 24.0 Å². The number of rotatable bonds is 8. The Kier molecular flexibility index (Phi) is 6.53. The Morgan fingerprint density at radius 3 is 2.82 bits per heavy atom. The van der Waals surface area contributed by atoms with E-state index in [1.54, 1.807) is 7.11 Å². The van der Waals surface area contributed by atoms with Crippen molar-refractivity contribution < 1.29 is 19.1 Å². The number of benzene rings is 2. The van der Waals surface area contributed by atoms with Gasteiger partial charge in [-0.3, -0.25) is 9.59 Å². The van der Waals surface area contributed by atoms with Crippen LogP contribution >= 0.6 is 0 Å². The summed E-state index contributed by atoms with van der Waals surface area (Å²) in [6, 6.07) is 13.0. The Balaban J connectivity index is 1.65. The molecule has 1 aliphatic rings. The van der Waals surface area contributed by atoms with Crippen molar-refractivity contribution in [2.45, 2.75) is 38.6 Å². The summed E-state index contributed by atoms with van der Waals surface area (Å²) in [6.45, 7) is 3.11. The second kappa shape index (κ2) is 9.26. The number of anilines is 1. The molecule has 6 heteroatoms. The van der Waals surface area contributed by atoms with Crippen LogP contribution in [-0.4, -0.2) is 25.5 Å². The fraction of sp³-hybridized carbons (Fsp3) is 0.364. The van der Waals surface area contributed by atoms with Gasteiger partial charge in [0.15, 0.2) is 11.5 Å². The summed E-state index contributed by atoms with van der Waals surface area (Å²) >= 11 is 0. The molecule has 0 radical (unpaired) electrons. The summed E-state index contributed by atoms with van der Waals surface area (Å²) in [5.41, 5.74) is 2.45. The van der Waals surface area contributed by atoms with Crippen LogP contribution in [0.2, 0.25) is 0 Å². The Morgan fingerprint density at radius 1 is 1.21 bits per heavy atom. The standard InChI is InChI=1S/C22H26N2O4/c1-3-4-11-28-19-10-9-15(12-20(19)27-2)14-23-22(26)17-13-21(25)24-18-8-6-5-7-16(17)18/h5-10,12,17H,3-4,11,13-14H2,1-2H3,(H,23,26)(H,24,25)/t17-/m0/s1. The molecule has 0 unspecified atom stereocenters. The molecule has 2 amide bonds. The Hall–Kier alpha value is -3.02. The van der Waals surface area contributed by atoms with Gasteiger partial charge < -0.3 is 20.1 Å². The first-order valence-electron chi connectivity index (χ1n) is 9.58. The smallest absolute Gasteiger partial charge is 0.228 e. The largest absolute Gasteiger partial charge is 0.493 e. The van der Waals surface area contributed by atoms with Crippen LogP contribution in [0.25, 0.3) is 0 Å². The number of methoxy groups -OCH3 is 1. The zero-order valence-electron chi connectivity index (χ0n) is 16.3. The van der Waals surface area contributed by atoms with Crippen LogP contribution in [0.4, 0.5) is 5.69 Å². The topological polar surface area (TPSA) is 76.7 Å². The van der Waals surface area contributed by atoms with E-state index in [-0.39, 0.29) is 18.2 Å². The SMILES string of the molecule is CCCCOc1ccc(CNC(=O)[C@H]2CC(=O)Nc3ccccc32)cc1OC. The third kappa shape index (κ3) is 4.63. The summed E-state index contributed by atoms with van der Waals surface area (Å²) < 4.78 is 11.1. The molecule has 0 saturated heterocycles. The molecule has 2 aromatic carbocycles. The van der Waals surface area contributed by atoms with E-state index in [2.05, 4.69) is 17.6 Å². The summed E-state index contributed by atoms with van der Waals surface area (Å²) in [7, 11) is 1.60. The quantitative estimate of drug-likeness (QED) is 0.684. The first kappa shape index (κ1) is 19.7. The average Bonchev–Trinajstić information content (AvgIpc) is 2.72. The molecular weight excluding hydrogens is 356 g/mol. The van der Waals surface area contributed by atoms with Crippen LogP contribution in [-0.2, 0) is 16.1 Å². The van der Waals surface area contributed by atoms with Crippen molar-refractivity contribution in [3.63, 3.8) is 0 Å². The van der Waals surface area contributed by atoms with Crippen LogP contribution in [0.15, 0.2) is 42.5 Å². The molecular formula is C22H26N2O4. The van der Waals surface area contributed by atoms with Crippen molar-refractivity contribution in [2.75, 3.05) is 19.0 Å². The maximum absolute atomic E-state index is 12.7. The Labute approximate surface area is 165 Å². The van der Waals surface area contributed by atoms with E-state index in [1.165, 1.54) is 0 Å². The number of para-hydroxylation sites is 1. The maximum atomic E-state index is 12.7. The molecule has 0 fully saturated rings. The van der Waals surface area contributed by atoms with Crippen LogP contribution in [0.3, 0.4) is 0 Å². The van der Waals surface area contributed by atoms with E-state index < -0.39 is 5.92 Å². The van der Waals surface area contributed by atoms with Crippen LogP contribution < -0.4 is 20.1 Å². The summed E-state index contributed by atoms with van der Waals surface area (Å²) in [6.07, 6.45) is 2.20. The lowest BCUT2D eigenvalue weighted by Gasteiger charge is -2.24. The second-order valence-electron chi connectivity index (χ2n) is 6.80. The van der Waals surface area contributed by atoms with Gasteiger partial charge >= 0.3 is 0 Å². The summed E-state index contributed by atoms with van der Waals surface area (Å²) in [5.74, 6) is 0.552. The molecule has 1 aliphatic heterocycles. The molecule has 2 aromatic rings. The lowest BCUT2D eigenvalue weighted by Crippen LogP contribution is -2.34. The van der Waals surface area contributed by atoms with Gasteiger partial charge in [0.2, 0.25) is 11.8 Å².